The molecule has 3 rings (SSSR count). The number of nitro groups is 1. The highest BCUT2D eigenvalue weighted by Gasteiger charge is 2.19. The number of aromatic nitrogens is 2. The molecule has 0 aliphatic carbocycles. The molecule has 1 aliphatic heterocycles. The van der Waals surface area contributed by atoms with Gasteiger partial charge < -0.3 is 4.74 Å². The van der Waals surface area contributed by atoms with E-state index in [0.29, 0.717) is 0 Å². The first-order chi connectivity index (χ1) is 8.75. The Morgan fingerprint density at radius 3 is 3.06 bits per heavy atom. The number of ether oxygens (including phenoxy) is 1. The van der Waals surface area contributed by atoms with Crippen LogP contribution in [0.3, 0.4) is 0 Å². The second-order valence-corrected chi connectivity index (χ2v) is 4.41. The molecule has 6 nitrogen and oxygen atoms in total. The first kappa shape index (κ1) is 11.2. The monoisotopic (exact) mass is 247 g/mol. The van der Waals surface area contributed by atoms with Gasteiger partial charge in [-0.2, -0.15) is 5.10 Å². The van der Waals surface area contributed by atoms with E-state index in [1.54, 1.807) is 23.0 Å². The van der Waals surface area contributed by atoms with Crippen LogP contribution in [0, 0.1) is 10.1 Å². The number of hydrogen-bond donors (Lipinski definition) is 0. The molecule has 1 atom stereocenters. The molecular weight excluding hydrogens is 234 g/mol. The van der Waals surface area contributed by atoms with E-state index in [4.69, 9.17) is 4.74 Å². The Kier molecular flexibility index (Phi) is 2.71. The van der Waals surface area contributed by atoms with Crippen LogP contribution in [-0.4, -0.2) is 21.3 Å². The molecular formula is C12H13N3O3. The predicted molar refractivity (Wildman–Crippen MR) is 65.2 cm³/mol. The maximum Gasteiger partial charge on any atom is 0.271 e. The van der Waals surface area contributed by atoms with Crippen molar-refractivity contribution < 1.29 is 9.66 Å². The van der Waals surface area contributed by atoms with E-state index in [-0.39, 0.29) is 11.9 Å². The average molecular weight is 247 g/mol. The highest BCUT2D eigenvalue weighted by Crippen LogP contribution is 2.28. The van der Waals surface area contributed by atoms with Gasteiger partial charge in [0, 0.05) is 24.1 Å². The van der Waals surface area contributed by atoms with Crippen molar-refractivity contribution >= 4 is 16.6 Å². The van der Waals surface area contributed by atoms with E-state index in [0.717, 1.165) is 36.8 Å². The van der Waals surface area contributed by atoms with Gasteiger partial charge in [0.1, 0.15) is 0 Å². The number of benzene rings is 1. The lowest BCUT2D eigenvalue weighted by Gasteiger charge is -2.23. The summed E-state index contributed by atoms with van der Waals surface area (Å²) in [6.45, 7) is 0.723. The minimum Gasteiger partial charge on any atom is -0.356 e. The van der Waals surface area contributed by atoms with E-state index in [1.165, 1.54) is 6.07 Å². The van der Waals surface area contributed by atoms with E-state index in [9.17, 15) is 10.1 Å². The molecule has 1 aromatic heterocycles. The molecule has 1 saturated heterocycles. The van der Waals surface area contributed by atoms with E-state index in [2.05, 4.69) is 5.10 Å². The maximum absolute atomic E-state index is 10.8. The molecule has 1 aromatic carbocycles. The normalized spacial score (nSPS) is 20.1. The lowest BCUT2D eigenvalue weighted by Crippen LogP contribution is -2.18. The van der Waals surface area contributed by atoms with Crippen LogP contribution in [0.15, 0.2) is 24.4 Å². The Balaban J connectivity index is 2.05. The summed E-state index contributed by atoms with van der Waals surface area (Å²) in [5, 5.41) is 16.0. The summed E-state index contributed by atoms with van der Waals surface area (Å²) >= 11 is 0. The fraction of sp³-hybridized carbons (Fsp3) is 0.417. The minimum absolute atomic E-state index is 0.0834. The van der Waals surface area contributed by atoms with Gasteiger partial charge in [-0.3, -0.25) is 10.1 Å². The van der Waals surface area contributed by atoms with Gasteiger partial charge in [0.15, 0.2) is 6.23 Å². The lowest BCUT2D eigenvalue weighted by molar-refractivity contribution is -0.384. The summed E-state index contributed by atoms with van der Waals surface area (Å²) in [5.74, 6) is 0. The molecule has 18 heavy (non-hydrogen) atoms. The standard InChI is InChI=1S/C12H13N3O3/c16-15(17)10-5-4-9-8-13-14(11(9)7-10)12-3-1-2-6-18-12/h4-5,7-8,12H,1-3,6H2. The molecule has 2 aromatic rings. The highest BCUT2D eigenvalue weighted by atomic mass is 16.6. The Hall–Kier alpha value is -1.95. The van der Waals surface area contributed by atoms with Crippen LogP contribution < -0.4 is 0 Å². The number of non-ortho nitro benzene ring substituents is 1. The molecule has 1 aliphatic rings. The van der Waals surface area contributed by atoms with E-state index in [1.807, 2.05) is 0 Å². The molecule has 0 spiro atoms. The van der Waals surface area contributed by atoms with Crippen molar-refractivity contribution in [1.29, 1.82) is 0 Å². The van der Waals surface area contributed by atoms with Crippen molar-refractivity contribution in [1.82, 2.24) is 9.78 Å². The number of nitrogens with zero attached hydrogens (tertiary/aromatic N) is 3. The van der Waals surface area contributed by atoms with Crippen molar-refractivity contribution in [3.05, 3.63) is 34.5 Å². The summed E-state index contributed by atoms with van der Waals surface area (Å²) in [5.41, 5.74) is 0.844. The lowest BCUT2D eigenvalue weighted by atomic mass is 10.2. The average Bonchev–Trinajstić information content (AvgIpc) is 2.82. The Morgan fingerprint density at radius 1 is 1.44 bits per heavy atom. The van der Waals surface area contributed by atoms with Gasteiger partial charge in [0.2, 0.25) is 0 Å². The second-order valence-electron chi connectivity index (χ2n) is 4.41. The van der Waals surface area contributed by atoms with Gasteiger partial charge in [-0.15, -0.1) is 0 Å². The molecule has 0 N–H and O–H groups in total. The Bertz CT molecular complexity index is 587. The Morgan fingerprint density at radius 2 is 2.33 bits per heavy atom. The zero-order valence-corrected chi connectivity index (χ0v) is 9.78. The molecule has 6 heteroatoms. The molecule has 0 amide bonds. The molecule has 1 fully saturated rings. The van der Waals surface area contributed by atoms with Crippen LogP contribution in [0.2, 0.25) is 0 Å². The number of rotatable bonds is 2. The molecule has 0 radical (unpaired) electrons. The van der Waals surface area contributed by atoms with Gasteiger partial charge in [-0.25, -0.2) is 4.68 Å². The third kappa shape index (κ3) is 1.84. The zero-order chi connectivity index (χ0) is 12.5. The summed E-state index contributed by atoms with van der Waals surface area (Å²) in [6.07, 6.45) is 4.69. The van der Waals surface area contributed by atoms with Crippen LogP contribution in [0.5, 0.6) is 0 Å². The summed E-state index contributed by atoms with van der Waals surface area (Å²) in [7, 11) is 0. The smallest absolute Gasteiger partial charge is 0.271 e. The molecule has 0 saturated carbocycles. The molecule has 94 valence electrons. The fourth-order valence-electron chi connectivity index (χ4n) is 2.29. The van der Waals surface area contributed by atoms with Crippen molar-refractivity contribution in [2.75, 3.05) is 6.61 Å². The van der Waals surface area contributed by atoms with Crippen LogP contribution in [0.1, 0.15) is 25.5 Å². The SMILES string of the molecule is O=[N+]([O-])c1ccc2cnn(C3CCCCO3)c2c1. The Labute approximate surface area is 103 Å². The largest absolute Gasteiger partial charge is 0.356 e. The van der Waals surface area contributed by atoms with Crippen molar-refractivity contribution in [3.63, 3.8) is 0 Å². The first-order valence-corrected chi connectivity index (χ1v) is 5.99. The minimum atomic E-state index is -0.390. The number of hydrogen-bond acceptors (Lipinski definition) is 4. The van der Waals surface area contributed by atoms with Crippen molar-refractivity contribution in [2.24, 2.45) is 0 Å². The molecule has 1 unspecified atom stereocenters. The number of nitro benzene ring substituents is 1. The van der Waals surface area contributed by atoms with Crippen molar-refractivity contribution in [2.45, 2.75) is 25.5 Å². The van der Waals surface area contributed by atoms with Crippen LogP contribution in [0.4, 0.5) is 5.69 Å². The fourth-order valence-corrected chi connectivity index (χ4v) is 2.29. The summed E-state index contributed by atoms with van der Waals surface area (Å²) in [4.78, 5) is 10.4. The highest BCUT2D eigenvalue weighted by molar-refractivity contribution is 5.81. The molecule has 0 bridgehead atoms. The van der Waals surface area contributed by atoms with Gasteiger partial charge in [-0.05, 0) is 25.3 Å². The van der Waals surface area contributed by atoms with Crippen LogP contribution >= 0.6 is 0 Å². The summed E-state index contributed by atoms with van der Waals surface area (Å²) < 4.78 is 7.41. The van der Waals surface area contributed by atoms with Crippen LogP contribution in [-0.2, 0) is 4.74 Å². The van der Waals surface area contributed by atoms with Crippen LogP contribution in [0.25, 0.3) is 10.9 Å². The second kappa shape index (κ2) is 4.38. The topological polar surface area (TPSA) is 70.2 Å². The van der Waals surface area contributed by atoms with Gasteiger partial charge in [0.25, 0.3) is 5.69 Å². The van der Waals surface area contributed by atoms with E-state index < -0.39 is 4.92 Å². The van der Waals surface area contributed by atoms with E-state index >= 15 is 0 Å². The maximum atomic E-state index is 10.8. The van der Waals surface area contributed by atoms with Gasteiger partial charge in [-0.1, -0.05) is 0 Å². The van der Waals surface area contributed by atoms with Gasteiger partial charge >= 0.3 is 0 Å². The molecule has 2 heterocycles. The number of fused-ring (bicyclic) bond motifs is 1. The summed E-state index contributed by atoms with van der Waals surface area (Å²) in [6, 6.07) is 4.77. The zero-order valence-electron chi connectivity index (χ0n) is 9.78. The quantitative estimate of drug-likeness (QED) is 0.604. The van der Waals surface area contributed by atoms with Gasteiger partial charge in [0.05, 0.1) is 16.6 Å². The third-order valence-electron chi connectivity index (χ3n) is 3.22. The predicted octanol–water partition coefficient (Wildman–Crippen LogP) is 2.64. The first-order valence-electron chi connectivity index (χ1n) is 5.99. The van der Waals surface area contributed by atoms with Crippen molar-refractivity contribution in [3.8, 4) is 0 Å². The third-order valence-corrected chi connectivity index (χ3v) is 3.22.